The quantitative estimate of drug-likeness (QED) is 0.813. The number of nitrogens with zero attached hydrogens (tertiary/aromatic N) is 4. The van der Waals surface area contributed by atoms with Crippen LogP contribution in [0, 0.1) is 4.77 Å². The Bertz CT molecular complexity index is 480. The van der Waals surface area contributed by atoms with Gasteiger partial charge in [0.25, 0.3) is 0 Å². The first-order valence-corrected chi connectivity index (χ1v) is 6.44. The highest BCUT2D eigenvalue weighted by Gasteiger charge is 2.27. The lowest BCUT2D eigenvalue weighted by Gasteiger charge is -2.37. The van der Waals surface area contributed by atoms with E-state index >= 15 is 0 Å². The van der Waals surface area contributed by atoms with E-state index < -0.39 is 0 Å². The van der Waals surface area contributed by atoms with Gasteiger partial charge in [-0.1, -0.05) is 0 Å². The number of hydrogen-bond donors (Lipinski definition) is 1. The minimum atomic E-state index is -0.130. The molecule has 7 heteroatoms. The van der Waals surface area contributed by atoms with Gasteiger partial charge in [0.05, 0.1) is 18.9 Å². The summed E-state index contributed by atoms with van der Waals surface area (Å²) in [5, 5.41) is 13.5. The van der Waals surface area contributed by atoms with Crippen LogP contribution in [-0.4, -0.2) is 49.7 Å². The number of morpholine rings is 1. The average Bonchev–Trinajstić information content (AvgIpc) is 2.56. The topological polar surface area (TPSA) is 55.5 Å². The molecule has 2 heterocycles. The van der Waals surface area contributed by atoms with Crippen LogP contribution in [0.3, 0.4) is 0 Å². The molecule has 0 radical (unpaired) electrons. The van der Waals surface area contributed by atoms with Crippen molar-refractivity contribution in [1.29, 1.82) is 0 Å². The Balaban J connectivity index is 2.12. The molecule has 0 saturated carbocycles. The van der Waals surface area contributed by atoms with E-state index in [1.807, 2.05) is 7.05 Å². The molecule has 1 saturated heterocycles. The Morgan fingerprint density at radius 3 is 2.78 bits per heavy atom. The molecule has 1 aliphatic rings. The van der Waals surface area contributed by atoms with Crippen molar-refractivity contribution in [2.45, 2.75) is 32.7 Å². The minimum Gasteiger partial charge on any atom is -0.388 e. The third-order valence-corrected chi connectivity index (χ3v) is 3.60. The number of aliphatic hydroxyl groups is 1. The fraction of sp³-hybridized carbons (Fsp3) is 0.818. The molecule has 2 rings (SSSR count). The molecular weight excluding hydrogens is 252 g/mol. The van der Waals surface area contributed by atoms with Gasteiger partial charge in [-0.2, -0.15) is 5.10 Å². The molecule has 0 aromatic carbocycles. The molecule has 0 bridgehead atoms. The van der Waals surface area contributed by atoms with Crippen molar-refractivity contribution in [2.24, 2.45) is 7.05 Å². The number of aliphatic hydroxyl groups excluding tert-OH is 1. The molecule has 0 unspecified atom stereocenters. The standard InChI is InChI=1S/C11H20N4O2S/c1-11(2)7-14(4-5-17-11)8-15-10(18)13(3)9(6-16)12-15/h16H,4-8H2,1-3H3. The van der Waals surface area contributed by atoms with Crippen LogP contribution < -0.4 is 0 Å². The zero-order valence-corrected chi connectivity index (χ0v) is 11.9. The van der Waals surface area contributed by atoms with Gasteiger partial charge < -0.3 is 14.4 Å². The van der Waals surface area contributed by atoms with Crippen LogP contribution in [0.1, 0.15) is 19.7 Å². The van der Waals surface area contributed by atoms with Crippen LogP contribution in [0.15, 0.2) is 0 Å². The van der Waals surface area contributed by atoms with Crippen LogP contribution >= 0.6 is 12.2 Å². The first kappa shape index (κ1) is 13.7. The van der Waals surface area contributed by atoms with Crippen molar-refractivity contribution < 1.29 is 9.84 Å². The van der Waals surface area contributed by atoms with Crippen molar-refractivity contribution >= 4 is 12.2 Å². The Hall–Kier alpha value is -0.760. The second kappa shape index (κ2) is 5.08. The molecule has 102 valence electrons. The highest BCUT2D eigenvalue weighted by Crippen LogP contribution is 2.16. The van der Waals surface area contributed by atoms with Gasteiger partial charge in [-0.05, 0) is 26.1 Å². The molecule has 18 heavy (non-hydrogen) atoms. The van der Waals surface area contributed by atoms with Crippen molar-refractivity contribution in [3.05, 3.63) is 10.6 Å². The molecule has 0 atom stereocenters. The SMILES string of the molecule is Cn1c(CO)nn(CN2CCOC(C)(C)C2)c1=S. The summed E-state index contributed by atoms with van der Waals surface area (Å²) in [4.78, 5) is 2.26. The van der Waals surface area contributed by atoms with Gasteiger partial charge in [0.1, 0.15) is 6.61 Å². The van der Waals surface area contributed by atoms with Crippen LogP contribution in [0.4, 0.5) is 0 Å². The van der Waals surface area contributed by atoms with Gasteiger partial charge in [0.2, 0.25) is 0 Å². The van der Waals surface area contributed by atoms with E-state index in [9.17, 15) is 0 Å². The summed E-state index contributed by atoms with van der Waals surface area (Å²) in [7, 11) is 1.82. The van der Waals surface area contributed by atoms with Gasteiger partial charge in [-0.15, -0.1) is 0 Å². The molecule has 1 N–H and O–H groups in total. The zero-order valence-electron chi connectivity index (χ0n) is 11.1. The highest BCUT2D eigenvalue weighted by atomic mass is 32.1. The predicted octanol–water partition coefficient (Wildman–Crippen LogP) is 0.512. The Labute approximate surface area is 112 Å². The van der Waals surface area contributed by atoms with Crippen molar-refractivity contribution in [3.8, 4) is 0 Å². The van der Waals surface area contributed by atoms with Gasteiger partial charge in [-0.3, -0.25) is 4.90 Å². The number of hydrogen-bond acceptors (Lipinski definition) is 5. The Morgan fingerprint density at radius 2 is 2.22 bits per heavy atom. The predicted molar refractivity (Wildman–Crippen MR) is 69.6 cm³/mol. The maximum absolute atomic E-state index is 9.17. The molecule has 1 aromatic rings. The Kier molecular flexibility index (Phi) is 3.86. The molecule has 0 amide bonds. The fourth-order valence-corrected chi connectivity index (χ4v) is 2.39. The summed E-state index contributed by atoms with van der Waals surface area (Å²) in [6.45, 7) is 7.14. The normalized spacial score (nSPS) is 20.2. The van der Waals surface area contributed by atoms with E-state index in [0.29, 0.717) is 17.3 Å². The lowest BCUT2D eigenvalue weighted by atomic mass is 10.1. The van der Waals surface area contributed by atoms with Gasteiger partial charge >= 0.3 is 0 Å². The highest BCUT2D eigenvalue weighted by molar-refractivity contribution is 7.71. The lowest BCUT2D eigenvalue weighted by molar-refractivity contribution is -0.0947. The summed E-state index contributed by atoms with van der Waals surface area (Å²) in [5.74, 6) is 0.590. The molecule has 0 spiro atoms. The molecular formula is C11H20N4O2S. The Morgan fingerprint density at radius 1 is 1.50 bits per heavy atom. The number of ether oxygens (including phenoxy) is 1. The molecule has 6 nitrogen and oxygen atoms in total. The second-order valence-electron chi connectivity index (χ2n) is 5.22. The van der Waals surface area contributed by atoms with Crippen LogP contribution in [0.2, 0.25) is 0 Å². The van der Waals surface area contributed by atoms with E-state index in [-0.39, 0.29) is 12.2 Å². The van der Waals surface area contributed by atoms with Gasteiger partial charge in [-0.25, -0.2) is 4.68 Å². The third kappa shape index (κ3) is 2.80. The monoisotopic (exact) mass is 272 g/mol. The van der Waals surface area contributed by atoms with Crippen molar-refractivity contribution in [3.63, 3.8) is 0 Å². The minimum absolute atomic E-state index is 0.0955. The molecule has 1 fully saturated rings. The van der Waals surface area contributed by atoms with E-state index in [2.05, 4.69) is 23.8 Å². The fourth-order valence-electron chi connectivity index (χ4n) is 2.19. The van der Waals surface area contributed by atoms with Crippen molar-refractivity contribution in [1.82, 2.24) is 19.2 Å². The summed E-state index contributed by atoms with van der Waals surface area (Å²) < 4.78 is 9.79. The molecule has 1 aliphatic heterocycles. The lowest BCUT2D eigenvalue weighted by Crippen LogP contribution is -2.48. The second-order valence-corrected chi connectivity index (χ2v) is 5.58. The van der Waals surface area contributed by atoms with E-state index in [4.69, 9.17) is 22.1 Å². The van der Waals surface area contributed by atoms with E-state index in [0.717, 1.165) is 19.7 Å². The van der Waals surface area contributed by atoms with Crippen LogP contribution in [0.25, 0.3) is 0 Å². The van der Waals surface area contributed by atoms with Gasteiger partial charge in [0.15, 0.2) is 10.6 Å². The smallest absolute Gasteiger partial charge is 0.198 e. The largest absolute Gasteiger partial charge is 0.388 e. The maximum Gasteiger partial charge on any atom is 0.198 e. The van der Waals surface area contributed by atoms with Gasteiger partial charge in [0, 0.05) is 20.1 Å². The van der Waals surface area contributed by atoms with Crippen LogP contribution in [0.5, 0.6) is 0 Å². The summed E-state index contributed by atoms with van der Waals surface area (Å²) >= 11 is 5.30. The molecule has 1 aromatic heterocycles. The number of aromatic nitrogens is 3. The summed E-state index contributed by atoms with van der Waals surface area (Å²) in [5.41, 5.74) is -0.130. The summed E-state index contributed by atoms with van der Waals surface area (Å²) in [6.07, 6.45) is 0. The maximum atomic E-state index is 9.17. The van der Waals surface area contributed by atoms with Crippen molar-refractivity contribution in [2.75, 3.05) is 19.7 Å². The first-order chi connectivity index (χ1) is 8.43. The van der Waals surface area contributed by atoms with Crippen LogP contribution in [-0.2, 0) is 25.1 Å². The molecule has 0 aliphatic carbocycles. The third-order valence-electron chi connectivity index (χ3n) is 3.11. The van der Waals surface area contributed by atoms with E-state index in [1.54, 1.807) is 9.25 Å². The first-order valence-electron chi connectivity index (χ1n) is 6.03. The summed E-state index contributed by atoms with van der Waals surface area (Å²) in [6, 6.07) is 0. The zero-order chi connectivity index (χ0) is 13.3. The number of rotatable bonds is 3. The average molecular weight is 272 g/mol. The van der Waals surface area contributed by atoms with E-state index in [1.165, 1.54) is 0 Å².